The number of hydrogen-bond donors (Lipinski definition) is 1. The molecule has 2 heteroatoms. The summed E-state index contributed by atoms with van der Waals surface area (Å²) < 4.78 is 0. The Morgan fingerprint density at radius 1 is 1.00 bits per heavy atom. The van der Waals surface area contributed by atoms with E-state index in [1.807, 2.05) is 0 Å². The molecule has 1 aliphatic heterocycles. The van der Waals surface area contributed by atoms with E-state index in [-0.39, 0.29) is 0 Å². The predicted molar refractivity (Wildman–Crippen MR) is 60.5 cm³/mol. The van der Waals surface area contributed by atoms with Gasteiger partial charge in [-0.15, -0.1) is 0 Å². The predicted octanol–water partition coefficient (Wildman–Crippen LogP) is 2.00. The minimum Gasteiger partial charge on any atom is -0.314 e. The van der Waals surface area contributed by atoms with Gasteiger partial charge in [-0.1, -0.05) is 12.8 Å². The number of hydrogen-bond acceptors (Lipinski definition) is 2. The third-order valence-corrected chi connectivity index (χ3v) is 3.64. The van der Waals surface area contributed by atoms with Crippen LogP contribution in [0.1, 0.15) is 44.9 Å². The van der Waals surface area contributed by atoms with Crippen LogP contribution in [0.3, 0.4) is 0 Å². The number of nitrogens with one attached hydrogen (secondary N) is 1. The van der Waals surface area contributed by atoms with Gasteiger partial charge in [0.1, 0.15) is 0 Å². The number of rotatable bonds is 5. The maximum atomic E-state index is 3.63. The summed E-state index contributed by atoms with van der Waals surface area (Å²) in [7, 11) is 0. The average Bonchev–Trinajstić information content (AvgIpc) is 2.16. The molecule has 0 amide bonds. The summed E-state index contributed by atoms with van der Waals surface area (Å²) in [5, 5.41) is 3.63. The van der Waals surface area contributed by atoms with Crippen LogP contribution < -0.4 is 5.32 Å². The molecule has 2 nitrogen and oxygen atoms in total. The Kier molecular flexibility index (Phi) is 4.26. The highest BCUT2D eigenvalue weighted by atomic mass is 15.1. The van der Waals surface area contributed by atoms with Gasteiger partial charge in [-0.3, -0.25) is 0 Å². The van der Waals surface area contributed by atoms with Crippen LogP contribution in [0.5, 0.6) is 0 Å². The standard InChI is InChI=1S/C12H24N2/c1-2-9-14(10-3-1)11-5-8-13-12-6-4-7-12/h12-13H,1-11H2. The average molecular weight is 196 g/mol. The van der Waals surface area contributed by atoms with E-state index in [4.69, 9.17) is 0 Å². The second-order valence-electron chi connectivity index (χ2n) is 4.84. The molecule has 1 saturated carbocycles. The zero-order valence-corrected chi connectivity index (χ0v) is 9.30. The third-order valence-electron chi connectivity index (χ3n) is 3.64. The summed E-state index contributed by atoms with van der Waals surface area (Å²) in [5.41, 5.74) is 0. The highest BCUT2D eigenvalue weighted by Crippen LogP contribution is 2.17. The lowest BCUT2D eigenvalue weighted by molar-refractivity contribution is 0.222. The Morgan fingerprint density at radius 2 is 1.79 bits per heavy atom. The molecule has 0 atom stereocenters. The minimum absolute atomic E-state index is 0.872. The highest BCUT2D eigenvalue weighted by molar-refractivity contribution is 4.76. The van der Waals surface area contributed by atoms with Crippen molar-refractivity contribution in [3.8, 4) is 0 Å². The number of piperidine rings is 1. The smallest absolute Gasteiger partial charge is 0.00670 e. The molecule has 2 rings (SSSR count). The van der Waals surface area contributed by atoms with Gasteiger partial charge in [0.2, 0.25) is 0 Å². The quantitative estimate of drug-likeness (QED) is 0.677. The van der Waals surface area contributed by atoms with Crippen LogP contribution in [-0.4, -0.2) is 37.1 Å². The minimum atomic E-state index is 0.872. The Bertz CT molecular complexity index is 148. The second kappa shape index (κ2) is 5.72. The molecule has 0 radical (unpaired) electrons. The molecule has 0 aromatic carbocycles. The van der Waals surface area contributed by atoms with Crippen LogP contribution >= 0.6 is 0 Å². The molecule has 0 unspecified atom stereocenters. The fraction of sp³-hybridized carbons (Fsp3) is 1.00. The molecule has 0 aromatic heterocycles. The Balaban J connectivity index is 1.45. The van der Waals surface area contributed by atoms with Crippen molar-refractivity contribution in [1.82, 2.24) is 10.2 Å². The first-order valence-corrected chi connectivity index (χ1v) is 6.41. The first-order chi connectivity index (χ1) is 6.95. The van der Waals surface area contributed by atoms with Gasteiger partial charge < -0.3 is 10.2 Å². The molecule has 2 aliphatic rings. The molecule has 2 fully saturated rings. The Labute approximate surface area is 88.1 Å². The van der Waals surface area contributed by atoms with Crippen molar-refractivity contribution in [2.75, 3.05) is 26.2 Å². The van der Waals surface area contributed by atoms with E-state index >= 15 is 0 Å². The van der Waals surface area contributed by atoms with E-state index in [2.05, 4.69) is 10.2 Å². The van der Waals surface area contributed by atoms with Crippen molar-refractivity contribution in [1.29, 1.82) is 0 Å². The van der Waals surface area contributed by atoms with E-state index in [1.54, 1.807) is 0 Å². The lowest BCUT2D eigenvalue weighted by Gasteiger charge is -2.29. The monoisotopic (exact) mass is 196 g/mol. The normalized spacial score (nSPS) is 24.9. The van der Waals surface area contributed by atoms with Crippen LogP contribution in [0.2, 0.25) is 0 Å². The van der Waals surface area contributed by atoms with Crippen molar-refractivity contribution in [3.63, 3.8) is 0 Å². The van der Waals surface area contributed by atoms with Gasteiger partial charge in [0.15, 0.2) is 0 Å². The molecule has 1 saturated heterocycles. The van der Waals surface area contributed by atoms with Crippen LogP contribution in [-0.2, 0) is 0 Å². The molecule has 82 valence electrons. The number of nitrogens with zero attached hydrogens (tertiary/aromatic N) is 1. The third kappa shape index (κ3) is 3.25. The lowest BCUT2D eigenvalue weighted by Crippen LogP contribution is -2.37. The summed E-state index contributed by atoms with van der Waals surface area (Å²) in [5.74, 6) is 0. The van der Waals surface area contributed by atoms with E-state index < -0.39 is 0 Å². The Hall–Kier alpha value is -0.0800. The van der Waals surface area contributed by atoms with Gasteiger partial charge in [-0.05, 0) is 58.3 Å². The van der Waals surface area contributed by atoms with Crippen LogP contribution in [0.4, 0.5) is 0 Å². The fourth-order valence-electron chi connectivity index (χ4n) is 2.40. The second-order valence-corrected chi connectivity index (χ2v) is 4.84. The summed E-state index contributed by atoms with van der Waals surface area (Å²) in [6.45, 7) is 5.26. The van der Waals surface area contributed by atoms with E-state index in [0.29, 0.717) is 0 Å². The molecule has 1 heterocycles. The molecular formula is C12H24N2. The van der Waals surface area contributed by atoms with Crippen molar-refractivity contribution < 1.29 is 0 Å². The number of likely N-dealkylation sites (tertiary alicyclic amines) is 1. The summed E-state index contributed by atoms with van der Waals surface area (Å²) in [4.78, 5) is 2.63. The van der Waals surface area contributed by atoms with Gasteiger partial charge in [-0.25, -0.2) is 0 Å². The van der Waals surface area contributed by atoms with Crippen molar-refractivity contribution >= 4 is 0 Å². The van der Waals surface area contributed by atoms with Crippen LogP contribution in [0, 0.1) is 0 Å². The Morgan fingerprint density at radius 3 is 2.43 bits per heavy atom. The topological polar surface area (TPSA) is 15.3 Å². The molecule has 0 aromatic rings. The van der Waals surface area contributed by atoms with Gasteiger partial charge >= 0.3 is 0 Å². The van der Waals surface area contributed by atoms with E-state index in [1.165, 1.54) is 71.1 Å². The van der Waals surface area contributed by atoms with E-state index in [0.717, 1.165) is 6.04 Å². The largest absolute Gasteiger partial charge is 0.314 e. The summed E-state index contributed by atoms with van der Waals surface area (Å²) in [6.07, 6.45) is 9.94. The molecule has 1 aliphatic carbocycles. The molecule has 0 spiro atoms. The highest BCUT2D eigenvalue weighted by Gasteiger charge is 2.16. The molecule has 1 N–H and O–H groups in total. The molecule has 0 bridgehead atoms. The van der Waals surface area contributed by atoms with Crippen molar-refractivity contribution in [3.05, 3.63) is 0 Å². The van der Waals surface area contributed by atoms with Gasteiger partial charge in [-0.2, -0.15) is 0 Å². The first-order valence-electron chi connectivity index (χ1n) is 6.41. The molecular weight excluding hydrogens is 172 g/mol. The van der Waals surface area contributed by atoms with Crippen molar-refractivity contribution in [2.45, 2.75) is 51.0 Å². The molecule has 14 heavy (non-hydrogen) atoms. The maximum Gasteiger partial charge on any atom is 0.00670 e. The van der Waals surface area contributed by atoms with Gasteiger partial charge in [0.05, 0.1) is 0 Å². The zero-order valence-electron chi connectivity index (χ0n) is 9.30. The van der Waals surface area contributed by atoms with Gasteiger partial charge in [0.25, 0.3) is 0 Å². The van der Waals surface area contributed by atoms with Gasteiger partial charge in [0, 0.05) is 6.04 Å². The summed E-state index contributed by atoms with van der Waals surface area (Å²) >= 11 is 0. The maximum absolute atomic E-state index is 3.63. The zero-order chi connectivity index (χ0) is 9.64. The first kappa shape index (κ1) is 10.4. The summed E-state index contributed by atoms with van der Waals surface area (Å²) in [6, 6.07) is 0.872. The van der Waals surface area contributed by atoms with E-state index in [9.17, 15) is 0 Å². The fourth-order valence-corrected chi connectivity index (χ4v) is 2.40. The van der Waals surface area contributed by atoms with Crippen LogP contribution in [0.15, 0.2) is 0 Å². The van der Waals surface area contributed by atoms with Crippen molar-refractivity contribution in [2.24, 2.45) is 0 Å². The SMILES string of the molecule is C1CCN(CCCNC2CCC2)CC1. The lowest BCUT2D eigenvalue weighted by atomic mass is 9.93. The van der Waals surface area contributed by atoms with Crippen LogP contribution in [0.25, 0.3) is 0 Å².